The highest BCUT2D eigenvalue weighted by Crippen LogP contribution is 2.13. The molecular weight excluding hydrogens is 206 g/mol. The Morgan fingerprint density at radius 1 is 0.938 bits per heavy atom. The lowest BCUT2D eigenvalue weighted by Gasteiger charge is -2.14. The predicted octanol–water partition coefficient (Wildman–Crippen LogP) is 0.126. The van der Waals surface area contributed by atoms with Gasteiger partial charge < -0.3 is 16.0 Å². The van der Waals surface area contributed by atoms with Gasteiger partial charge in [-0.3, -0.25) is 9.59 Å². The van der Waals surface area contributed by atoms with Gasteiger partial charge in [0.2, 0.25) is 0 Å². The first-order chi connectivity index (χ1) is 7.72. The third-order valence-corrected chi connectivity index (χ3v) is 2.42. The van der Waals surface area contributed by atoms with Crippen LogP contribution in [0.3, 0.4) is 0 Å². The quantitative estimate of drug-likeness (QED) is 0.433. The minimum absolute atomic E-state index is 0.400. The summed E-state index contributed by atoms with van der Waals surface area (Å²) in [7, 11) is 1.84. The monoisotopic (exact) mass is 225 g/mol. The average molecular weight is 225 g/mol. The molecule has 0 aliphatic rings. The van der Waals surface area contributed by atoms with Crippen LogP contribution in [0.2, 0.25) is 0 Å². The largest absolute Gasteiger partial charge is 0.380 e. The van der Waals surface area contributed by atoms with Crippen LogP contribution in [0, 0.1) is 0 Å². The van der Waals surface area contributed by atoms with E-state index >= 15 is 0 Å². The van der Waals surface area contributed by atoms with Crippen LogP contribution in [-0.4, -0.2) is 26.7 Å². The van der Waals surface area contributed by atoms with Crippen LogP contribution in [-0.2, 0) is 0 Å². The lowest BCUT2D eigenvalue weighted by molar-refractivity contribution is 0.819. The van der Waals surface area contributed by atoms with Gasteiger partial charge in [-0.15, -0.1) is 0 Å². The molecule has 0 amide bonds. The Morgan fingerprint density at radius 2 is 1.50 bits per heavy atom. The van der Waals surface area contributed by atoms with Crippen LogP contribution in [0.4, 0.5) is 11.4 Å². The molecule has 0 radical (unpaired) electrons. The molecule has 0 aromatic heterocycles. The van der Waals surface area contributed by atoms with Crippen LogP contribution in [0.5, 0.6) is 0 Å². The molecule has 0 aliphatic heterocycles. The topological polar surface area (TPSA) is 70.2 Å². The van der Waals surface area contributed by atoms with E-state index in [1.165, 1.54) is 0 Å². The minimum atomic E-state index is -0.407. The average Bonchev–Trinajstić information content (AvgIpc) is 2.31. The summed E-state index contributed by atoms with van der Waals surface area (Å²) in [6.45, 7) is 4.22. The van der Waals surface area contributed by atoms with Gasteiger partial charge >= 0.3 is 0 Å². The number of rotatable bonds is 8. The second kappa shape index (κ2) is 6.27. The molecule has 0 saturated carbocycles. The zero-order valence-corrected chi connectivity index (χ0v) is 9.85. The van der Waals surface area contributed by atoms with Gasteiger partial charge in [0.25, 0.3) is 10.9 Å². The molecule has 0 atom stereocenters. The van der Waals surface area contributed by atoms with Gasteiger partial charge in [0.1, 0.15) is 11.4 Å². The van der Waals surface area contributed by atoms with Gasteiger partial charge in [-0.2, -0.15) is 0 Å². The molecule has 5 heteroatoms. The van der Waals surface area contributed by atoms with Crippen molar-refractivity contribution in [1.82, 2.24) is 5.32 Å². The second-order valence-corrected chi connectivity index (χ2v) is 3.72. The molecule has 0 aliphatic carbocycles. The highest BCUT2D eigenvalue weighted by atomic mass is 16.2. The fourth-order valence-electron chi connectivity index (χ4n) is 1.43. The first kappa shape index (κ1) is 12.7. The molecule has 1 aromatic carbocycles. The number of anilines is 2. The van der Waals surface area contributed by atoms with Crippen molar-refractivity contribution in [2.24, 2.45) is 0 Å². The summed E-state index contributed by atoms with van der Waals surface area (Å²) < 4.78 is 0. The molecule has 1 rings (SSSR count). The van der Waals surface area contributed by atoms with E-state index in [4.69, 9.17) is 0 Å². The van der Waals surface area contributed by atoms with E-state index in [-0.39, 0.29) is 0 Å². The van der Waals surface area contributed by atoms with Crippen LogP contribution in [0.1, 0.15) is 19.8 Å². The van der Waals surface area contributed by atoms with E-state index in [0.717, 1.165) is 25.9 Å². The maximum absolute atomic E-state index is 11.3. The number of nitrogens with one attached hydrogen (secondary N) is 3. The number of hydrogen-bond donors (Lipinski definition) is 3. The number of hydrogen-bond acceptors (Lipinski definition) is 5. The number of likely N-dealkylation sites (N-methyl/N-ethyl adjacent to an activating group) is 1. The van der Waals surface area contributed by atoms with Gasteiger partial charge in [-0.1, -0.05) is 13.3 Å². The van der Waals surface area contributed by atoms with Crippen molar-refractivity contribution in [2.45, 2.75) is 19.8 Å². The van der Waals surface area contributed by atoms with E-state index in [1.807, 2.05) is 7.05 Å². The Labute approximate surface area is 94.9 Å². The highest BCUT2D eigenvalue weighted by molar-refractivity contribution is 5.73. The molecule has 0 unspecified atom stereocenters. The molecule has 3 N–H and O–H groups in total. The van der Waals surface area contributed by atoms with Gasteiger partial charge in [0.05, 0.1) is 0 Å². The van der Waals surface area contributed by atoms with Crippen molar-refractivity contribution in [3.8, 4) is 0 Å². The lowest BCUT2D eigenvalue weighted by atomic mass is 10.2. The second-order valence-electron chi connectivity index (χ2n) is 3.72. The van der Waals surface area contributed by atoms with Gasteiger partial charge in [0, 0.05) is 19.6 Å². The summed E-state index contributed by atoms with van der Waals surface area (Å²) >= 11 is 0. The molecule has 5 nitrogen and oxygen atoms in total. The van der Waals surface area contributed by atoms with Crippen molar-refractivity contribution in [1.29, 1.82) is 0 Å². The van der Waals surface area contributed by atoms with Crippen molar-refractivity contribution in [2.75, 3.05) is 37.3 Å². The first-order valence-corrected chi connectivity index (χ1v) is 5.68. The summed E-state index contributed by atoms with van der Waals surface area (Å²) in [6, 6.07) is 0. The Bertz CT molecular complexity index is 356. The molecule has 0 bridgehead atoms. The fourth-order valence-corrected chi connectivity index (χ4v) is 1.43. The van der Waals surface area contributed by atoms with E-state index < -0.39 is 10.9 Å². The van der Waals surface area contributed by atoms with E-state index in [1.54, 1.807) is 0 Å². The van der Waals surface area contributed by atoms with Crippen LogP contribution >= 0.6 is 0 Å². The summed E-state index contributed by atoms with van der Waals surface area (Å²) in [6.07, 6.45) is 2.06. The van der Waals surface area contributed by atoms with E-state index in [9.17, 15) is 9.59 Å². The zero-order chi connectivity index (χ0) is 12.0. The Balaban J connectivity index is 2.52. The van der Waals surface area contributed by atoms with Gasteiger partial charge in [-0.25, -0.2) is 0 Å². The summed E-state index contributed by atoms with van der Waals surface area (Å²) in [5, 5.41) is 8.93. The molecular formula is C11H19N3O2. The van der Waals surface area contributed by atoms with Crippen LogP contribution in [0.25, 0.3) is 0 Å². The SMILES string of the molecule is CCCCNc1c(NCCNC)c(=O)c1=O. The Hall–Kier alpha value is -1.36. The Kier molecular flexibility index (Phi) is 4.98. The molecule has 0 heterocycles. The van der Waals surface area contributed by atoms with Crippen LogP contribution < -0.4 is 26.8 Å². The lowest BCUT2D eigenvalue weighted by Crippen LogP contribution is -2.38. The van der Waals surface area contributed by atoms with Gasteiger partial charge in [-0.05, 0) is 13.5 Å². The molecule has 16 heavy (non-hydrogen) atoms. The van der Waals surface area contributed by atoms with Crippen molar-refractivity contribution >= 4 is 11.4 Å². The fraction of sp³-hybridized carbons (Fsp3) is 0.636. The smallest absolute Gasteiger partial charge is 0.253 e. The maximum atomic E-state index is 11.3. The molecule has 0 saturated heterocycles. The van der Waals surface area contributed by atoms with Crippen molar-refractivity contribution < 1.29 is 0 Å². The summed E-state index contributed by atoms with van der Waals surface area (Å²) in [5.74, 6) is 0. The van der Waals surface area contributed by atoms with Crippen molar-refractivity contribution in [3.05, 3.63) is 20.4 Å². The first-order valence-electron chi connectivity index (χ1n) is 5.68. The Morgan fingerprint density at radius 3 is 2.00 bits per heavy atom. The standard InChI is InChI=1S/C11H19N3O2/c1-3-4-5-13-8-9(11(16)10(8)15)14-7-6-12-2/h12-14H,3-7H2,1-2H3. The molecule has 0 fully saturated rings. The molecule has 1 aromatic rings. The summed E-state index contributed by atoms with van der Waals surface area (Å²) in [4.78, 5) is 22.5. The highest BCUT2D eigenvalue weighted by Gasteiger charge is 2.19. The normalized spacial score (nSPS) is 10.6. The summed E-state index contributed by atoms with van der Waals surface area (Å²) in [5.41, 5.74) is 0.0871. The minimum Gasteiger partial charge on any atom is -0.380 e. The van der Waals surface area contributed by atoms with Crippen LogP contribution in [0.15, 0.2) is 9.59 Å². The maximum Gasteiger partial charge on any atom is 0.253 e. The van der Waals surface area contributed by atoms with E-state index in [2.05, 4.69) is 22.9 Å². The predicted molar refractivity (Wildman–Crippen MR) is 67.2 cm³/mol. The van der Waals surface area contributed by atoms with Gasteiger partial charge in [0.15, 0.2) is 0 Å². The molecule has 0 spiro atoms. The van der Waals surface area contributed by atoms with E-state index in [0.29, 0.717) is 17.9 Å². The third-order valence-electron chi connectivity index (χ3n) is 2.42. The van der Waals surface area contributed by atoms with Crippen molar-refractivity contribution in [3.63, 3.8) is 0 Å². The zero-order valence-electron chi connectivity index (χ0n) is 9.85. The third kappa shape index (κ3) is 2.82. The number of unbranched alkanes of at least 4 members (excludes halogenated alkanes) is 1. The molecule has 90 valence electrons.